The van der Waals surface area contributed by atoms with Crippen LogP contribution in [0.25, 0.3) is 0 Å². The summed E-state index contributed by atoms with van der Waals surface area (Å²) in [6.45, 7) is 16.9. The van der Waals surface area contributed by atoms with Crippen molar-refractivity contribution in [1.82, 2.24) is 4.90 Å². The van der Waals surface area contributed by atoms with E-state index in [2.05, 4.69) is 27.7 Å². The normalized spacial score (nSPS) is 27.2. The van der Waals surface area contributed by atoms with E-state index in [9.17, 15) is 4.79 Å². The fourth-order valence-electron chi connectivity index (χ4n) is 4.19. The Kier molecular flexibility index (Phi) is 3.01. The van der Waals surface area contributed by atoms with Crippen molar-refractivity contribution in [1.29, 1.82) is 0 Å². The minimum atomic E-state index is -0.398. The van der Waals surface area contributed by atoms with Gasteiger partial charge >= 0.3 is 6.09 Å². The summed E-state index contributed by atoms with van der Waals surface area (Å²) in [7, 11) is 0. The average molecular weight is 267 g/mol. The fourth-order valence-corrected chi connectivity index (χ4v) is 4.19. The number of rotatable bonds is 0. The maximum absolute atomic E-state index is 12.1. The zero-order valence-corrected chi connectivity index (χ0v) is 13.6. The van der Waals surface area contributed by atoms with Crippen molar-refractivity contribution < 1.29 is 9.53 Å². The van der Waals surface area contributed by atoms with Gasteiger partial charge in [0, 0.05) is 13.1 Å². The third-order valence-corrected chi connectivity index (χ3v) is 6.16. The Morgan fingerprint density at radius 3 is 1.74 bits per heavy atom. The molecule has 0 N–H and O–H groups in total. The summed E-state index contributed by atoms with van der Waals surface area (Å²) in [6.07, 6.45) is 2.05. The molecular formula is C16H29NO2. The summed E-state index contributed by atoms with van der Waals surface area (Å²) < 4.78 is 5.46. The SMILES string of the molecule is CC(C)(C)OC(=O)N1CCC2(CC1)C(C)(C)C2(C)C. The largest absolute Gasteiger partial charge is 0.444 e. The molecule has 1 saturated heterocycles. The summed E-state index contributed by atoms with van der Waals surface area (Å²) in [5.41, 5.74) is 0.795. The van der Waals surface area contributed by atoms with Crippen LogP contribution in [-0.2, 0) is 4.74 Å². The lowest BCUT2D eigenvalue weighted by Crippen LogP contribution is -2.43. The third-order valence-electron chi connectivity index (χ3n) is 6.16. The predicted octanol–water partition coefficient (Wildman–Crippen LogP) is 4.07. The van der Waals surface area contributed by atoms with E-state index in [4.69, 9.17) is 4.74 Å². The molecule has 3 nitrogen and oxygen atoms in total. The van der Waals surface area contributed by atoms with Crippen LogP contribution in [0, 0.1) is 16.2 Å². The number of amides is 1. The van der Waals surface area contributed by atoms with E-state index in [1.807, 2.05) is 25.7 Å². The second-order valence-electron chi connectivity index (χ2n) is 8.30. The lowest BCUT2D eigenvalue weighted by atomic mass is 9.84. The first kappa shape index (κ1) is 14.7. The van der Waals surface area contributed by atoms with Crippen LogP contribution in [0.3, 0.4) is 0 Å². The van der Waals surface area contributed by atoms with E-state index >= 15 is 0 Å². The molecule has 2 aliphatic rings. The number of hydrogen-bond acceptors (Lipinski definition) is 2. The zero-order valence-electron chi connectivity index (χ0n) is 13.6. The van der Waals surface area contributed by atoms with Crippen LogP contribution in [0.5, 0.6) is 0 Å². The maximum Gasteiger partial charge on any atom is 0.410 e. The molecule has 3 heteroatoms. The number of piperidine rings is 1. The van der Waals surface area contributed by atoms with Gasteiger partial charge < -0.3 is 9.64 Å². The quantitative estimate of drug-likeness (QED) is 0.662. The lowest BCUT2D eigenvalue weighted by molar-refractivity contribution is 0.0142. The van der Waals surface area contributed by atoms with Crippen molar-refractivity contribution in [2.24, 2.45) is 16.2 Å². The summed E-state index contributed by atoms with van der Waals surface area (Å²) >= 11 is 0. The first-order valence-corrected chi connectivity index (χ1v) is 7.43. The molecule has 0 unspecified atom stereocenters. The molecule has 1 amide bonds. The number of likely N-dealkylation sites (tertiary alicyclic amines) is 1. The van der Waals surface area contributed by atoms with Gasteiger partial charge in [-0.25, -0.2) is 4.79 Å². The van der Waals surface area contributed by atoms with Gasteiger partial charge in [0.1, 0.15) is 5.60 Å². The van der Waals surface area contributed by atoms with Crippen LogP contribution in [-0.4, -0.2) is 29.7 Å². The van der Waals surface area contributed by atoms with Gasteiger partial charge in [-0.2, -0.15) is 0 Å². The Labute approximate surface area is 117 Å². The van der Waals surface area contributed by atoms with Crippen LogP contribution < -0.4 is 0 Å². The molecule has 1 spiro atoms. The molecule has 0 radical (unpaired) electrons. The first-order chi connectivity index (χ1) is 8.45. The van der Waals surface area contributed by atoms with Gasteiger partial charge in [0.25, 0.3) is 0 Å². The molecule has 1 aliphatic carbocycles. The van der Waals surface area contributed by atoms with Crippen LogP contribution in [0.4, 0.5) is 4.79 Å². The molecule has 19 heavy (non-hydrogen) atoms. The van der Waals surface area contributed by atoms with Gasteiger partial charge in [-0.05, 0) is 49.9 Å². The topological polar surface area (TPSA) is 29.5 Å². The van der Waals surface area contributed by atoms with Crippen LogP contribution in [0.15, 0.2) is 0 Å². The van der Waals surface area contributed by atoms with Gasteiger partial charge in [-0.15, -0.1) is 0 Å². The summed E-state index contributed by atoms with van der Waals surface area (Å²) in [6, 6.07) is 0. The number of hydrogen-bond donors (Lipinski definition) is 0. The van der Waals surface area contributed by atoms with E-state index in [1.165, 1.54) is 0 Å². The van der Waals surface area contributed by atoms with Gasteiger partial charge in [0.05, 0.1) is 0 Å². The van der Waals surface area contributed by atoms with Crippen molar-refractivity contribution in [3.8, 4) is 0 Å². The highest BCUT2D eigenvalue weighted by molar-refractivity contribution is 5.68. The van der Waals surface area contributed by atoms with Crippen LogP contribution in [0.2, 0.25) is 0 Å². The molecule has 1 saturated carbocycles. The van der Waals surface area contributed by atoms with Crippen molar-refractivity contribution in [2.45, 2.75) is 66.9 Å². The van der Waals surface area contributed by atoms with Crippen molar-refractivity contribution >= 4 is 6.09 Å². The predicted molar refractivity (Wildman–Crippen MR) is 77.0 cm³/mol. The first-order valence-electron chi connectivity index (χ1n) is 7.43. The Balaban J connectivity index is 1.96. The molecule has 2 fully saturated rings. The Hall–Kier alpha value is -0.730. The number of carbonyl (C=O) groups is 1. The van der Waals surface area contributed by atoms with Crippen LogP contribution in [0.1, 0.15) is 61.3 Å². The number of carbonyl (C=O) groups excluding carboxylic acids is 1. The Morgan fingerprint density at radius 1 is 1.00 bits per heavy atom. The minimum absolute atomic E-state index is 0.154. The lowest BCUT2D eigenvalue weighted by Gasteiger charge is -2.36. The molecule has 1 heterocycles. The molecule has 0 aromatic carbocycles. The van der Waals surface area contributed by atoms with Crippen molar-refractivity contribution in [2.75, 3.05) is 13.1 Å². The van der Waals surface area contributed by atoms with E-state index in [0.717, 1.165) is 25.9 Å². The maximum atomic E-state index is 12.1. The highest BCUT2D eigenvalue weighted by atomic mass is 16.6. The van der Waals surface area contributed by atoms with Gasteiger partial charge in [0.15, 0.2) is 0 Å². The average Bonchev–Trinajstić information content (AvgIpc) is 2.56. The fraction of sp³-hybridized carbons (Fsp3) is 0.938. The number of nitrogens with zero attached hydrogens (tertiary/aromatic N) is 1. The van der Waals surface area contributed by atoms with Gasteiger partial charge in [0.2, 0.25) is 0 Å². The summed E-state index contributed by atoms with van der Waals surface area (Å²) in [5, 5.41) is 0. The molecule has 0 atom stereocenters. The van der Waals surface area contributed by atoms with Crippen molar-refractivity contribution in [3.05, 3.63) is 0 Å². The molecule has 0 aromatic rings. The van der Waals surface area contributed by atoms with Crippen molar-refractivity contribution in [3.63, 3.8) is 0 Å². The monoisotopic (exact) mass is 267 g/mol. The van der Waals surface area contributed by atoms with E-state index < -0.39 is 5.60 Å². The Morgan fingerprint density at radius 2 is 1.42 bits per heavy atom. The van der Waals surface area contributed by atoms with Gasteiger partial charge in [-0.3, -0.25) is 0 Å². The molecule has 2 rings (SSSR count). The molecule has 0 aromatic heterocycles. The summed E-state index contributed by atoms with van der Waals surface area (Å²) in [5.74, 6) is 0. The van der Waals surface area contributed by atoms with E-state index in [1.54, 1.807) is 0 Å². The smallest absolute Gasteiger partial charge is 0.410 e. The molecule has 0 bridgehead atoms. The van der Waals surface area contributed by atoms with E-state index in [-0.39, 0.29) is 6.09 Å². The van der Waals surface area contributed by atoms with Crippen LogP contribution >= 0.6 is 0 Å². The number of ether oxygens (including phenoxy) is 1. The molecular weight excluding hydrogens is 238 g/mol. The minimum Gasteiger partial charge on any atom is -0.444 e. The summed E-state index contributed by atoms with van der Waals surface area (Å²) in [4.78, 5) is 13.9. The standard InChI is InChI=1S/C16H29NO2/c1-13(2,3)19-12(18)17-10-8-16(9-11-17)14(4,5)15(16,6)7/h8-11H2,1-7H3. The van der Waals surface area contributed by atoms with E-state index in [0.29, 0.717) is 16.2 Å². The Bertz CT molecular complexity index is 366. The second kappa shape index (κ2) is 3.89. The highest BCUT2D eigenvalue weighted by Crippen LogP contribution is 2.81. The molecule has 110 valence electrons. The van der Waals surface area contributed by atoms with Gasteiger partial charge in [-0.1, -0.05) is 27.7 Å². The zero-order chi connectivity index (χ0) is 14.7. The second-order valence-corrected chi connectivity index (χ2v) is 8.30. The third kappa shape index (κ3) is 1.96. The molecule has 1 aliphatic heterocycles. The highest BCUT2D eigenvalue weighted by Gasteiger charge is 2.76.